The summed E-state index contributed by atoms with van der Waals surface area (Å²) >= 11 is 0. The van der Waals surface area contributed by atoms with E-state index in [0.29, 0.717) is 6.42 Å². The Bertz CT molecular complexity index is 625. The Hall–Kier alpha value is -2.07. The Balaban J connectivity index is 1.98. The largest absolute Gasteiger partial charge is 0.478 e. The van der Waals surface area contributed by atoms with E-state index in [0.717, 1.165) is 28.8 Å². The Labute approximate surface area is 111 Å². The summed E-state index contributed by atoms with van der Waals surface area (Å²) in [5.74, 6) is 0.679. The molecule has 0 fully saturated rings. The SMILES string of the molecule is CNCCC1Oc2ccc3ccccc3c2NC1=O. The van der Waals surface area contributed by atoms with E-state index in [1.807, 2.05) is 43.4 Å². The molecule has 2 aromatic rings. The van der Waals surface area contributed by atoms with Gasteiger partial charge in [0.2, 0.25) is 0 Å². The van der Waals surface area contributed by atoms with Gasteiger partial charge >= 0.3 is 0 Å². The fourth-order valence-corrected chi connectivity index (χ4v) is 2.35. The number of fused-ring (bicyclic) bond motifs is 3. The van der Waals surface area contributed by atoms with Crippen LogP contribution < -0.4 is 15.4 Å². The van der Waals surface area contributed by atoms with Crippen LogP contribution in [0.2, 0.25) is 0 Å². The molecule has 3 rings (SSSR count). The Morgan fingerprint density at radius 3 is 2.95 bits per heavy atom. The molecule has 19 heavy (non-hydrogen) atoms. The molecule has 1 amide bonds. The van der Waals surface area contributed by atoms with E-state index < -0.39 is 6.10 Å². The summed E-state index contributed by atoms with van der Waals surface area (Å²) in [4.78, 5) is 12.0. The van der Waals surface area contributed by atoms with Gasteiger partial charge in [-0.15, -0.1) is 0 Å². The van der Waals surface area contributed by atoms with E-state index in [1.54, 1.807) is 0 Å². The second-order valence-electron chi connectivity index (χ2n) is 4.65. The number of rotatable bonds is 3. The van der Waals surface area contributed by atoms with Crippen molar-refractivity contribution < 1.29 is 9.53 Å². The van der Waals surface area contributed by atoms with Crippen LogP contribution in [-0.2, 0) is 4.79 Å². The summed E-state index contributed by atoms with van der Waals surface area (Å²) in [5.41, 5.74) is 0.781. The number of amides is 1. The van der Waals surface area contributed by atoms with Crippen LogP contribution in [0.1, 0.15) is 6.42 Å². The van der Waals surface area contributed by atoms with Gasteiger partial charge in [0.25, 0.3) is 5.91 Å². The van der Waals surface area contributed by atoms with E-state index in [1.165, 1.54) is 0 Å². The third kappa shape index (κ3) is 2.15. The zero-order valence-electron chi connectivity index (χ0n) is 10.8. The number of nitrogens with one attached hydrogen (secondary N) is 2. The van der Waals surface area contributed by atoms with E-state index in [2.05, 4.69) is 10.6 Å². The van der Waals surface area contributed by atoms with E-state index in [4.69, 9.17) is 4.74 Å². The normalized spacial score (nSPS) is 17.7. The molecule has 1 aliphatic heterocycles. The van der Waals surface area contributed by atoms with Crippen molar-refractivity contribution in [1.29, 1.82) is 0 Å². The van der Waals surface area contributed by atoms with E-state index in [9.17, 15) is 4.79 Å². The third-order valence-electron chi connectivity index (χ3n) is 3.36. The summed E-state index contributed by atoms with van der Waals surface area (Å²) in [5, 5.41) is 8.11. The van der Waals surface area contributed by atoms with Gasteiger partial charge in [-0.1, -0.05) is 30.3 Å². The lowest BCUT2D eigenvalue weighted by Crippen LogP contribution is -2.38. The molecule has 2 aromatic carbocycles. The van der Waals surface area contributed by atoms with Crippen molar-refractivity contribution in [3.8, 4) is 5.75 Å². The van der Waals surface area contributed by atoms with Crippen molar-refractivity contribution in [3.63, 3.8) is 0 Å². The highest BCUT2D eigenvalue weighted by Crippen LogP contribution is 2.36. The lowest BCUT2D eigenvalue weighted by Gasteiger charge is -2.26. The molecule has 0 saturated heterocycles. The van der Waals surface area contributed by atoms with Crippen molar-refractivity contribution in [1.82, 2.24) is 5.32 Å². The topological polar surface area (TPSA) is 50.4 Å². The molecule has 0 aliphatic carbocycles. The van der Waals surface area contributed by atoms with Gasteiger partial charge in [0.05, 0.1) is 5.69 Å². The van der Waals surface area contributed by atoms with E-state index in [-0.39, 0.29) is 5.91 Å². The highest BCUT2D eigenvalue weighted by molar-refractivity contribution is 6.07. The van der Waals surface area contributed by atoms with Gasteiger partial charge in [-0.2, -0.15) is 0 Å². The average Bonchev–Trinajstić information content (AvgIpc) is 2.45. The average molecular weight is 256 g/mol. The summed E-state index contributed by atoms with van der Waals surface area (Å²) in [6, 6.07) is 11.9. The van der Waals surface area contributed by atoms with Crippen LogP contribution in [0.4, 0.5) is 5.69 Å². The molecule has 0 spiro atoms. The minimum Gasteiger partial charge on any atom is -0.478 e. The maximum Gasteiger partial charge on any atom is 0.265 e. The minimum atomic E-state index is -0.416. The van der Waals surface area contributed by atoms with E-state index >= 15 is 0 Å². The summed E-state index contributed by atoms with van der Waals surface area (Å²) < 4.78 is 5.80. The number of carbonyl (C=O) groups excluding carboxylic acids is 1. The molecular weight excluding hydrogens is 240 g/mol. The second kappa shape index (κ2) is 4.90. The first-order valence-corrected chi connectivity index (χ1v) is 6.43. The Morgan fingerprint density at radius 2 is 2.11 bits per heavy atom. The maximum atomic E-state index is 12.0. The molecule has 1 atom stereocenters. The second-order valence-corrected chi connectivity index (χ2v) is 4.65. The van der Waals surface area contributed by atoms with Gasteiger partial charge in [0.15, 0.2) is 6.10 Å². The molecule has 4 nitrogen and oxygen atoms in total. The number of carbonyl (C=O) groups is 1. The number of hydrogen-bond acceptors (Lipinski definition) is 3. The van der Waals surface area contributed by atoms with Gasteiger partial charge < -0.3 is 15.4 Å². The zero-order valence-corrected chi connectivity index (χ0v) is 10.8. The number of benzene rings is 2. The lowest BCUT2D eigenvalue weighted by atomic mass is 10.1. The first-order valence-electron chi connectivity index (χ1n) is 6.43. The monoisotopic (exact) mass is 256 g/mol. The quantitative estimate of drug-likeness (QED) is 0.884. The van der Waals surface area contributed by atoms with Crippen LogP contribution in [-0.4, -0.2) is 25.6 Å². The molecule has 98 valence electrons. The molecule has 1 aliphatic rings. The van der Waals surface area contributed by atoms with Crippen LogP contribution in [0.3, 0.4) is 0 Å². The molecule has 0 bridgehead atoms. The van der Waals surface area contributed by atoms with Crippen LogP contribution in [0, 0.1) is 0 Å². The van der Waals surface area contributed by atoms with Crippen molar-refractivity contribution in [2.45, 2.75) is 12.5 Å². The molecule has 4 heteroatoms. The Morgan fingerprint density at radius 1 is 1.26 bits per heavy atom. The van der Waals surface area contributed by atoms with Crippen molar-refractivity contribution in [2.24, 2.45) is 0 Å². The molecular formula is C15H16N2O2. The first kappa shape index (κ1) is 12.0. The lowest BCUT2D eigenvalue weighted by molar-refractivity contribution is -0.123. The van der Waals surface area contributed by atoms with Gasteiger partial charge in [-0.05, 0) is 25.0 Å². The first-order chi connectivity index (χ1) is 9.29. The molecule has 0 saturated carbocycles. The predicted molar refractivity (Wildman–Crippen MR) is 75.5 cm³/mol. The zero-order chi connectivity index (χ0) is 13.2. The number of anilines is 1. The Kier molecular flexibility index (Phi) is 3.09. The highest BCUT2D eigenvalue weighted by Gasteiger charge is 2.27. The van der Waals surface area contributed by atoms with Crippen LogP contribution in [0.25, 0.3) is 10.8 Å². The highest BCUT2D eigenvalue weighted by atomic mass is 16.5. The molecule has 0 aromatic heterocycles. The third-order valence-corrected chi connectivity index (χ3v) is 3.36. The summed E-state index contributed by atoms with van der Waals surface area (Å²) in [7, 11) is 1.86. The van der Waals surface area contributed by atoms with Crippen molar-refractivity contribution in [3.05, 3.63) is 36.4 Å². The van der Waals surface area contributed by atoms with Crippen molar-refractivity contribution in [2.75, 3.05) is 18.9 Å². The fraction of sp³-hybridized carbons (Fsp3) is 0.267. The fourth-order valence-electron chi connectivity index (χ4n) is 2.35. The van der Waals surface area contributed by atoms with Gasteiger partial charge in [-0.3, -0.25) is 4.79 Å². The number of ether oxygens (including phenoxy) is 1. The smallest absolute Gasteiger partial charge is 0.265 e. The predicted octanol–water partition coefficient (Wildman–Crippen LogP) is 2.15. The molecule has 1 heterocycles. The number of hydrogen-bond donors (Lipinski definition) is 2. The maximum absolute atomic E-state index is 12.0. The molecule has 0 radical (unpaired) electrons. The van der Waals surface area contributed by atoms with Gasteiger partial charge in [0.1, 0.15) is 5.75 Å². The summed E-state index contributed by atoms with van der Waals surface area (Å²) in [6.45, 7) is 0.751. The minimum absolute atomic E-state index is 0.0703. The van der Waals surface area contributed by atoms with Crippen LogP contribution >= 0.6 is 0 Å². The van der Waals surface area contributed by atoms with Gasteiger partial charge in [0, 0.05) is 11.8 Å². The standard InChI is InChI=1S/C15H16N2O2/c1-16-9-8-13-15(18)17-14-11-5-3-2-4-10(11)6-7-12(14)19-13/h2-7,13,16H,8-9H2,1H3,(H,17,18). The summed E-state index contributed by atoms with van der Waals surface area (Å²) in [6.07, 6.45) is 0.246. The van der Waals surface area contributed by atoms with Crippen LogP contribution in [0.5, 0.6) is 5.75 Å². The van der Waals surface area contributed by atoms with Crippen LogP contribution in [0.15, 0.2) is 36.4 Å². The molecule has 1 unspecified atom stereocenters. The van der Waals surface area contributed by atoms with Gasteiger partial charge in [-0.25, -0.2) is 0 Å². The molecule has 2 N–H and O–H groups in total. The van der Waals surface area contributed by atoms with Crippen molar-refractivity contribution >= 4 is 22.4 Å².